The number of carbonyl (C=O) groups excluding carboxylic acids is 1. The molecule has 0 spiro atoms. The summed E-state index contributed by atoms with van der Waals surface area (Å²) in [6, 6.07) is 16.9. The lowest BCUT2D eigenvalue weighted by Crippen LogP contribution is -2.44. The second kappa shape index (κ2) is 9.54. The predicted molar refractivity (Wildman–Crippen MR) is 122 cm³/mol. The maximum Gasteiger partial charge on any atom is 0.252 e. The lowest BCUT2D eigenvalue weighted by atomic mass is 10.1. The average molecular weight is 431 g/mol. The number of amides is 1. The van der Waals surface area contributed by atoms with Gasteiger partial charge in [0.05, 0.1) is 18.7 Å². The molecule has 0 bridgehead atoms. The second-order valence-electron chi connectivity index (χ2n) is 7.67. The van der Waals surface area contributed by atoms with Crippen molar-refractivity contribution in [3.8, 4) is 34.4 Å². The first-order valence-corrected chi connectivity index (χ1v) is 10.4. The van der Waals surface area contributed by atoms with Crippen LogP contribution in [0.5, 0.6) is 5.75 Å². The molecule has 2 heterocycles. The molecule has 3 aromatic rings. The van der Waals surface area contributed by atoms with Crippen LogP contribution in [-0.2, 0) is 0 Å². The second-order valence-corrected chi connectivity index (χ2v) is 7.67. The van der Waals surface area contributed by atoms with Crippen molar-refractivity contribution < 1.29 is 14.1 Å². The molecule has 8 heteroatoms. The molecule has 1 N–H and O–H groups in total. The molecule has 0 saturated carbocycles. The van der Waals surface area contributed by atoms with E-state index in [2.05, 4.69) is 33.4 Å². The number of nitriles is 1. The molecule has 164 valence electrons. The lowest BCUT2D eigenvalue weighted by Gasteiger charge is -2.34. The van der Waals surface area contributed by atoms with Crippen molar-refractivity contribution in [2.45, 2.75) is 0 Å². The molecule has 1 amide bonds. The van der Waals surface area contributed by atoms with Gasteiger partial charge in [-0.15, -0.1) is 0 Å². The fourth-order valence-electron chi connectivity index (χ4n) is 3.72. The highest BCUT2D eigenvalue weighted by molar-refractivity contribution is 5.95. The maximum absolute atomic E-state index is 12.1. The van der Waals surface area contributed by atoms with Crippen LogP contribution < -0.4 is 15.0 Å². The molecule has 1 fully saturated rings. The fourth-order valence-corrected chi connectivity index (χ4v) is 3.72. The summed E-state index contributed by atoms with van der Waals surface area (Å²) in [5.41, 5.74) is 3.75. The van der Waals surface area contributed by atoms with Crippen molar-refractivity contribution >= 4 is 11.6 Å². The Morgan fingerprint density at radius 1 is 1.19 bits per heavy atom. The standard InChI is InChI=1S/C24H25N5O3/c1-28-10-12-29(13-11-28)19-6-7-20(22(15-19)31-2)23-16-21(27-32-23)17-4-3-5-18(14-17)24(30)26-9-8-25/h3-7,14-16H,9-13H2,1-2H3,(H,26,30). The minimum absolute atomic E-state index is 0.0406. The molecule has 8 nitrogen and oxygen atoms in total. The monoisotopic (exact) mass is 431 g/mol. The van der Waals surface area contributed by atoms with Crippen LogP contribution in [0.15, 0.2) is 53.1 Å². The number of hydrogen-bond donors (Lipinski definition) is 1. The smallest absolute Gasteiger partial charge is 0.252 e. The summed E-state index contributed by atoms with van der Waals surface area (Å²) in [5.74, 6) is 0.994. The van der Waals surface area contributed by atoms with E-state index < -0.39 is 0 Å². The van der Waals surface area contributed by atoms with Crippen LogP contribution in [0.3, 0.4) is 0 Å². The summed E-state index contributed by atoms with van der Waals surface area (Å²) >= 11 is 0. The lowest BCUT2D eigenvalue weighted by molar-refractivity contribution is 0.0958. The average Bonchev–Trinajstić information content (AvgIpc) is 3.33. The van der Waals surface area contributed by atoms with Crippen LogP contribution in [0.4, 0.5) is 5.69 Å². The summed E-state index contributed by atoms with van der Waals surface area (Å²) in [5, 5.41) is 15.4. The SMILES string of the molecule is COc1cc(N2CCN(C)CC2)ccc1-c1cc(-c2cccc(C(=O)NCC#N)c2)no1. The van der Waals surface area contributed by atoms with E-state index >= 15 is 0 Å². The van der Waals surface area contributed by atoms with E-state index in [9.17, 15) is 4.79 Å². The van der Waals surface area contributed by atoms with E-state index in [1.165, 1.54) is 0 Å². The van der Waals surface area contributed by atoms with E-state index in [1.54, 1.807) is 25.3 Å². The number of likely N-dealkylation sites (N-methyl/N-ethyl adjacent to an activating group) is 1. The van der Waals surface area contributed by atoms with Crippen LogP contribution in [0, 0.1) is 11.3 Å². The van der Waals surface area contributed by atoms with Gasteiger partial charge < -0.3 is 24.4 Å². The Labute approximate surface area is 187 Å². The number of aromatic nitrogens is 1. The Kier molecular flexibility index (Phi) is 6.38. The van der Waals surface area contributed by atoms with Gasteiger partial charge in [0, 0.05) is 55.1 Å². The largest absolute Gasteiger partial charge is 0.496 e. The molecule has 32 heavy (non-hydrogen) atoms. The van der Waals surface area contributed by atoms with Crippen LogP contribution >= 0.6 is 0 Å². The first kappa shape index (κ1) is 21.4. The Balaban J connectivity index is 1.57. The normalized spacial score (nSPS) is 14.1. The number of methoxy groups -OCH3 is 1. The quantitative estimate of drug-likeness (QED) is 0.600. The molecule has 0 aliphatic carbocycles. The topological polar surface area (TPSA) is 94.6 Å². The third-order valence-corrected chi connectivity index (χ3v) is 5.58. The van der Waals surface area contributed by atoms with Gasteiger partial charge >= 0.3 is 0 Å². The molecule has 4 rings (SSSR count). The Morgan fingerprint density at radius 2 is 2.00 bits per heavy atom. The van der Waals surface area contributed by atoms with Gasteiger partial charge in [-0.3, -0.25) is 4.79 Å². The van der Waals surface area contributed by atoms with E-state index in [0.717, 1.165) is 43.0 Å². The van der Waals surface area contributed by atoms with Crippen LogP contribution in [0.1, 0.15) is 10.4 Å². The van der Waals surface area contributed by atoms with Crippen molar-refractivity contribution in [2.24, 2.45) is 0 Å². The van der Waals surface area contributed by atoms with E-state index in [-0.39, 0.29) is 12.5 Å². The van der Waals surface area contributed by atoms with Crippen LogP contribution in [-0.4, -0.2) is 62.8 Å². The Bertz CT molecular complexity index is 1140. The van der Waals surface area contributed by atoms with Gasteiger partial charge in [0.2, 0.25) is 0 Å². The minimum atomic E-state index is -0.307. The molecular weight excluding hydrogens is 406 g/mol. The number of rotatable bonds is 6. The molecule has 0 unspecified atom stereocenters. The Morgan fingerprint density at radius 3 is 2.75 bits per heavy atom. The molecule has 1 aliphatic rings. The first-order chi connectivity index (χ1) is 15.6. The van der Waals surface area contributed by atoms with Gasteiger partial charge in [0.25, 0.3) is 5.91 Å². The highest BCUT2D eigenvalue weighted by Crippen LogP contribution is 2.35. The number of anilines is 1. The summed E-state index contributed by atoms with van der Waals surface area (Å²) in [7, 11) is 3.78. The van der Waals surface area contributed by atoms with Gasteiger partial charge in [-0.1, -0.05) is 17.3 Å². The van der Waals surface area contributed by atoms with Crippen molar-refractivity contribution in [2.75, 3.05) is 51.8 Å². The van der Waals surface area contributed by atoms with Gasteiger partial charge in [0.1, 0.15) is 18.0 Å². The van der Waals surface area contributed by atoms with Gasteiger partial charge in [-0.05, 0) is 31.3 Å². The number of piperazine rings is 1. The molecular formula is C24H25N5O3. The molecule has 0 radical (unpaired) electrons. The number of ether oxygens (including phenoxy) is 1. The summed E-state index contributed by atoms with van der Waals surface area (Å²) in [6.45, 7) is 3.97. The van der Waals surface area contributed by atoms with Crippen molar-refractivity contribution in [3.05, 3.63) is 54.1 Å². The van der Waals surface area contributed by atoms with E-state index in [0.29, 0.717) is 22.8 Å². The van der Waals surface area contributed by atoms with Crippen LogP contribution in [0.25, 0.3) is 22.6 Å². The fraction of sp³-hybridized carbons (Fsp3) is 0.292. The maximum atomic E-state index is 12.1. The highest BCUT2D eigenvalue weighted by Gasteiger charge is 2.18. The summed E-state index contributed by atoms with van der Waals surface area (Å²) < 4.78 is 11.3. The number of benzene rings is 2. The third kappa shape index (κ3) is 4.58. The van der Waals surface area contributed by atoms with Gasteiger partial charge in [-0.25, -0.2) is 0 Å². The van der Waals surface area contributed by atoms with Crippen molar-refractivity contribution in [1.82, 2.24) is 15.4 Å². The highest BCUT2D eigenvalue weighted by atomic mass is 16.5. The van der Waals surface area contributed by atoms with Gasteiger partial charge in [-0.2, -0.15) is 5.26 Å². The van der Waals surface area contributed by atoms with Crippen molar-refractivity contribution in [3.63, 3.8) is 0 Å². The summed E-state index contributed by atoms with van der Waals surface area (Å²) in [4.78, 5) is 16.8. The first-order valence-electron chi connectivity index (χ1n) is 10.4. The molecule has 0 atom stereocenters. The molecule has 1 aliphatic heterocycles. The molecule has 2 aromatic carbocycles. The zero-order valence-corrected chi connectivity index (χ0v) is 18.2. The number of nitrogens with one attached hydrogen (secondary N) is 1. The van der Waals surface area contributed by atoms with Gasteiger partial charge in [0.15, 0.2) is 5.76 Å². The third-order valence-electron chi connectivity index (χ3n) is 5.58. The summed E-state index contributed by atoms with van der Waals surface area (Å²) in [6.07, 6.45) is 0. The molecule has 1 aromatic heterocycles. The number of nitrogens with zero attached hydrogens (tertiary/aromatic N) is 4. The van der Waals surface area contributed by atoms with E-state index in [4.69, 9.17) is 14.5 Å². The van der Waals surface area contributed by atoms with E-state index in [1.807, 2.05) is 30.3 Å². The zero-order chi connectivity index (χ0) is 22.5. The Hall–Kier alpha value is -3.83. The zero-order valence-electron chi connectivity index (χ0n) is 18.2. The van der Waals surface area contributed by atoms with Crippen LogP contribution in [0.2, 0.25) is 0 Å². The number of hydrogen-bond acceptors (Lipinski definition) is 7. The predicted octanol–water partition coefficient (Wildman–Crippen LogP) is 3.02. The molecule has 1 saturated heterocycles. The van der Waals surface area contributed by atoms with Crippen molar-refractivity contribution in [1.29, 1.82) is 5.26 Å². The number of carbonyl (C=O) groups is 1. The minimum Gasteiger partial charge on any atom is -0.496 e.